The van der Waals surface area contributed by atoms with E-state index in [1.165, 1.54) is 6.26 Å². The second kappa shape index (κ2) is 3.94. The van der Waals surface area contributed by atoms with E-state index in [9.17, 15) is 8.42 Å². The molecule has 0 saturated carbocycles. The summed E-state index contributed by atoms with van der Waals surface area (Å²) < 4.78 is 33.4. The molecule has 80 valence electrons. The molecule has 15 heavy (non-hydrogen) atoms. The molecule has 5 heteroatoms. The van der Waals surface area contributed by atoms with Gasteiger partial charge in [0.2, 0.25) is 6.79 Å². The maximum Gasteiger partial charge on any atom is 0.229 e. The van der Waals surface area contributed by atoms with Crippen molar-refractivity contribution in [2.75, 3.05) is 12.5 Å². The Bertz CT molecular complexity index is 461. The summed E-state index contributed by atoms with van der Waals surface area (Å²) in [5.74, 6) is 0.190. The van der Waals surface area contributed by atoms with E-state index in [1.807, 2.05) is 0 Å². The first-order valence-electron chi connectivity index (χ1n) is 4.40. The maximum absolute atomic E-state index is 11.8. The highest BCUT2D eigenvalue weighted by atomic mass is 32.2. The molecule has 0 unspecified atom stereocenters. The topological polar surface area (TPSA) is 52.6 Å². The van der Waals surface area contributed by atoms with Crippen LogP contribution in [0.1, 0.15) is 0 Å². The molecule has 0 radical (unpaired) electrons. The van der Waals surface area contributed by atoms with Crippen molar-refractivity contribution in [2.45, 2.75) is 4.90 Å². The smallest absolute Gasteiger partial charge is 0.229 e. The Kier molecular flexibility index (Phi) is 2.64. The fourth-order valence-corrected chi connectivity index (χ4v) is 2.51. The standard InChI is InChI=1S/C10H10O4S/c11-15(12,7-9-6-13-8-14-9)10-4-2-1-3-5-10/h1-6H,7-8H2. The minimum absolute atomic E-state index is 0.0969. The highest BCUT2D eigenvalue weighted by molar-refractivity contribution is 7.91. The lowest BCUT2D eigenvalue weighted by molar-refractivity contribution is 0.0816. The summed E-state index contributed by atoms with van der Waals surface area (Å²) in [6.45, 7) is 0.0969. The molecule has 0 aromatic heterocycles. The minimum atomic E-state index is -3.32. The Morgan fingerprint density at radius 1 is 1.20 bits per heavy atom. The Labute approximate surface area is 88.0 Å². The molecule has 0 saturated heterocycles. The van der Waals surface area contributed by atoms with Crippen molar-refractivity contribution in [1.82, 2.24) is 0 Å². The second-order valence-corrected chi connectivity index (χ2v) is 5.07. The van der Waals surface area contributed by atoms with E-state index >= 15 is 0 Å². The first kappa shape index (κ1) is 10.0. The zero-order chi connectivity index (χ0) is 10.7. The molecule has 1 heterocycles. The van der Waals surface area contributed by atoms with Gasteiger partial charge < -0.3 is 9.47 Å². The van der Waals surface area contributed by atoms with Crippen LogP contribution in [-0.4, -0.2) is 21.0 Å². The van der Waals surface area contributed by atoms with Crippen LogP contribution >= 0.6 is 0 Å². The van der Waals surface area contributed by atoms with Crippen molar-refractivity contribution >= 4 is 9.84 Å². The Balaban J connectivity index is 2.21. The van der Waals surface area contributed by atoms with Gasteiger partial charge in [0.05, 0.1) is 4.90 Å². The van der Waals surface area contributed by atoms with Crippen LogP contribution in [0.2, 0.25) is 0 Å². The van der Waals surface area contributed by atoms with Crippen LogP contribution in [0.5, 0.6) is 0 Å². The van der Waals surface area contributed by atoms with Gasteiger partial charge in [-0.05, 0) is 12.1 Å². The average molecular weight is 226 g/mol. The van der Waals surface area contributed by atoms with E-state index in [0.29, 0.717) is 10.7 Å². The van der Waals surface area contributed by atoms with Crippen molar-refractivity contribution in [1.29, 1.82) is 0 Å². The third kappa shape index (κ3) is 2.30. The predicted molar refractivity (Wildman–Crippen MR) is 53.6 cm³/mol. The number of ether oxygens (including phenoxy) is 2. The first-order chi connectivity index (χ1) is 7.18. The minimum Gasteiger partial charge on any atom is -0.462 e. The van der Waals surface area contributed by atoms with Crippen LogP contribution in [0.15, 0.2) is 47.2 Å². The van der Waals surface area contributed by atoms with E-state index in [1.54, 1.807) is 30.3 Å². The molecule has 4 nitrogen and oxygen atoms in total. The van der Waals surface area contributed by atoms with Crippen molar-refractivity contribution in [2.24, 2.45) is 0 Å². The third-order valence-electron chi connectivity index (χ3n) is 1.96. The summed E-state index contributed by atoms with van der Waals surface area (Å²) in [6, 6.07) is 8.27. The Morgan fingerprint density at radius 2 is 1.93 bits per heavy atom. The summed E-state index contributed by atoms with van der Waals surface area (Å²) in [5, 5.41) is 0. The van der Waals surface area contributed by atoms with Crippen LogP contribution in [0.25, 0.3) is 0 Å². The van der Waals surface area contributed by atoms with Gasteiger partial charge in [0.15, 0.2) is 15.6 Å². The average Bonchev–Trinajstić information content (AvgIpc) is 2.71. The van der Waals surface area contributed by atoms with E-state index in [-0.39, 0.29) is 12.5 Å². The van der Waals surface area contributed by atoms with E-state index in [0.717, 1.165) is 0 Å². The number of rotatable bonds is 3. The number of hydrogen-bond acceptors (Lipinski definition) is 4. The summed E-state index contributed by atoms with van der Waals surface area (Å²) in [4.78, 5) is 0.293. The molecule has 0 spiro atoms. The SMILES string of the molecule is O=S(=O)(CC1=COCO1)c1ccccc1. The normalized spacial score (nSPS) is 15.3. The summed E-state index contributed by atoms with van der Waals surface area (Å²) in [6.07, 6.45) is 1.33. The molecule has 2 rings (SSSR count). The molecule has 0 N–H and O–H groups in total. The predicted octanol–water partition coefficient (Wildman–Crippen LogP) is 1.31. The lowest BCUT2D eigenvalue weighted by Gasteiger charge is -2.03. The van der Waals surface area contributed by atoms with Gasteiger partial charge >= 0.3 is 0 Å². The molecular weight excluding hydrogens is 216 g/mol. The molecule has 0 bridgehead atoms. The van der Waals surface area contributed by atoms with E-state index in [2.05, 4.69) is 0 Å². The molecule has 1 aliphatic rings. The lowest BCUT2D eigenvalue weighted by atomic mass is 10.4. The van der Waals surface area contributed by atoms with Crippen LogP contribution in [-0.2, 0) is 19.3 Å². The molecule has 1 aromatic carbocycles. The van der Waals surface area contributed by atoms with E-state index in [4.69, 9.17) is 9.47 Å². The highest BCUT2D eigenvalue weighted by Crippen LogP contribution is 2.16. The van der Waals surface area contributed by atoms with Gasteiger partial charge in [-0.1, -0.05) is 18.2 Å². The highest BCUT2D eigenvalue weighted by Gasteiger charge is 2.19. The van der Waals surface area contributed by atoms with Crippen molar-refractivity contribution in [3.05, 3.63) is 42.4 Å². The quantitative estimate of drug-likeness (QED) is 0.779. The van der Waals surface area contributed by atoms with E-state index < -0.39 is 9.84 Å². The monoisotopic (exact) mass is 226 g/mol. The zero-order valence-electron chi connectivity index (χ0n) is 7.92. The number of benzene rings is 1. The molecule has 0 fully saturated rings. The van der Waals surface area contributed by atoms with Crippen molar-refractivity contribution < 1.29 is 17.9 Å². The molecule has 1 aliphatic heterocycles. The Morgan fingerprint density at radius 3 is 2.53 bits per heavy atom. The summed E-state index contributed by atoms with van der Waals surface area (Å²) in [7, 11) is -3.32. The lowest BCUT2D eigenvalue weighted by Crippen LogP contribution is -2.09. The number of sulfone groups is 1. The second-order valence-electron chi connectivity index (χ2n) is 3.09. The Hall–Kier alpha value is -1.49. The molecular formula is C10H10O4S. The fourth-order valence-electron chi connectivity index (χ4n) is 1.24. The number of hydrogen-bond donors (Lipinski definition) is 0. The third-order valence-corrected chi connectivity index (χ3v) is 3.62. The van der Waals surface area contributed by atoms with Gasteiger partial charge in [0.1, 0.15) is 12.0 Å². The molecule has 1 aromatic rings. The fraction of sp³-hybridized carbons (Fsp3) is 0.200. The van der Waals surface area contributed by atoms with Crippen molar-refractivity contribution in [3.63, 3.8) is 0 Å². The largest absolute Gasteiger partial charge is 0.462 e. The van der Waals surface area contributed by atoms with Crippen LogP contribution < -0.4 is 0 Å². The summed E-state index contributed by atoms with van der Waals surface area (Å²) in [5.41, 5.74) is 0. The van der Waals surface area contributed by atoms with Crippen LogP contribution in [0.4, 0.5) is 0 Å². The van der Waals surface area contributed by atoms with Gasteiger partial charge in [-0.25, -0.2) is 8.42 Å². The maximum atomic E-state index is 11.8. The van der Waals surface area contributed by atoms with Crippen LogP contribution in [0, 0.1) is 0 Å². The van der Waals surface area contributed by atoms with Gasteiger partial charge in [0.25, 0.3) is 0 Å². The van der Waals surface area contributed by atoms with Gasteiger partial charge in [-0.15, -0.1) is 0 Å². The van der Waals surface area contributed by atoms with Gasteiger partial charge in [0, 0.05) is 0 Å². The van der Waals surface area contributed by atoms with Crippen molar-refractivity contribution in [3.8, 4) is 0 Å². The van der Waals surface area contributed by atoms with Gasteiger partial charge in [-0.3, -0.25) is 0 Å². The first-order valence-corrected chi connectivity index (χ1v) is 6.05. The molecule has 0 amide bonds. The summed E-state index contributed by atoms with van der Waals surface area (Å²) >= 11 is 0. The van der Waals surface area contributed by atoms with Gasteiger partial charge in [-0.2, -0.15) is 0 Å². The van der Waals surface area contributed by atoms with Crippen LogP contribution in [0.3, 0.4) is 0 Å². The molecule has 0 atom stereocenters. The zero-order valence-corrected chi connectivity index (χ0v) is 8.74. The molecule has 0 aliphatic carbocycles.